The van der Waals surface area contributed by atoms with E-state index in [2.05, 4.69) is 89.4 Å². The third kappa shape index (κ3) is 16.3. The molecule has 1 aliphatic carbocycles. The highest BCUT2D eigenvalue weighted by Gasteiger charge is 2.12. The van der Waals surface area contributed by atoms with Crippen molar-refractivity contribution in [2.24, 2.45) is 10.7 Å². The third-order valence-corrected chi connectivity index (χ3v) is 5.16. The van der Waals surface area contributed by atoms with Gasteiger partial charge in [-0.2, -0.15) is 0 Å². The fraction of sp³-hybridized carbons (Fsp3) is 0.562. The number of nitrogens with two attached hydrogens (primary N) is 1. The van der Waals surface area contributed by atoms with E-state index in [9.17, 15) is 4.79 Å². The molecule has 0 fully saturated rings. The molecule has 36 heavy (non-hydrogen) atoms. The standard InChI is InChI=1S/C21H28N2.C6H12O.2C2H6.CH5N/c1-7-8-9-18-14-21(16(3)12-15(18)2)22-20-11-10-19(23(5)6)13-17(20)4;1-3-4-5-6(2)7;3*1-2/h10-14H,3,7-9H2,1-2,4-6H3;3-5H2,1-2H3;2*1-2H3;2H2,1H3. The second-order valence-electron chi connectivity index (χ2n) is 8.29. The zero-order valence-corrected chi connectivity index (χ0v) is 25.7. The lowest BCUT2D eigenvalue weighted by Crippen LogP contribution is -2.08. The van der Waals surface area contributed by atoms with E-state index in [1.165, 1.54) is 42.3 Å². The lowest BCUT2D eigenvalue weighted by Gasteiger charge is -2.17. The van der Waals surface area contributed by atoms with Gasteiger partial charge in [0.1, 0.15) is 5.78 Å². The van der Waals surface area contributed by atoms with Crippen molar-refractivity contribution in [3.05, 3.63) is 59.2 Å². The quantitative estimate of drug-likeness (QED) is 0.388. The Morgan fingerprint density at radius 2 is 1.53 bits per heavy atom. The summed E-state index contributed by atoms with van der Waals surface area (Å²) in [6, 6.07) is 6.38. The van der Waals surface area contributed by atoms with Crippen LogP contribution in [0.5, 0.6) is 0 Å². The third-order valence-electron chi connectivity index (χ3n) is 5.16. The van der Waals surface area contributed by atoms with E-state index < -0.39 is 0 Å². The molecule has 1 aliphatic rings. The lowest BCUT2D eigenvalue weighted by molar-refractivity contribution is -0.117. The van der Waals surface area contributed by atoms with E-state index in [1.807, 2.05) is 27.7 Å². The Hall–Kier alpha value is -2.46. The zero-order chi connectivity index (χ0) is 28.7. The van der Waals surface area contributed by atoms with Gasteiger partial charge in [-0.05, 0) is 93.6 Å². The van der Waals surface area contributed by atoms with Crippen molar-refractivity contribution in [2.45, 2.75) is 101 Å². The van der Waals surface area contributed by atoms with Gasteiger partial charge in [0, 0.05) is 26.2 Å². The summed E-state index contributed by atoms with van der Waals surface area (Å²) in [4.78, 5) is 17.2. The van der Waals surface area contributed by atoms with Crippen LogP contribution >= 0.6 is 0 Å². The van der Waals surface area contributed by atoms with Crippen LogP contribution < -0.4 is 10.6 Å². The van der Waals surface area contributed by atoms with E-state index in [0.29, 0.717) is 5.78 Å². The smallest absolute Gasteiger partial charge is 0.129 e. The Kier molecular flexibility index (Phi) is 25.6. The van der Waals surface area contributed by atoms with Crippen molar-refractivity contribution in [1.82, 2.24) is 0 Å². The minimum absolute atomic E-state index is 0.307. The highest BCUT2D eigenvalue weighted by atomic mass is 16.1. The molecule has 0 saturated carbocycles. The van der Waals surface area contributed by atoms with Crippen LogP contribution in [0.3, 0.4) is 0 Å². The second-order valence-corrected chi connectivity index (χ2v) is 8.29. The number of allylic oxidation sites excluding steroid dienone is 5. The molecule has 0 aromatic heterocycles. The van der Waals surface area contributed by atoms with E-state index in [4.69, 9.17) is 4.99 Å². The van der Waals surface area contributed by atoms with Crippen molar-refractivity contribution in [1.29, 1.82) is 0 Å². The molecule has 1 aromatic rings. The van der Waals surface area contributed by atoms with Gasteiger partial charge in [-0.3, -0.25) is 0 Å². The molecule has 2 rings (SSSR count). The summed E-state index contributed by atoms with van der Waals surface area (Å²) in [6.45, 7) is 22.4. The van der Waals surface area contributed by atoms with Gasteiger partial charge in [0.2, 0.25) is 0 Å². The average molecular weight is 500 g/mol. The normalized spacial score (nSPS) is 12.7. The van der Waals surface area contributed by atoms with Crippen molar-refractivity contribution in [3.63, 3.8) is 0 Å². The van der Waals surface area contributed by atoms with E-state index in [1.54, 1.807) is 6.92 Å². The maximum absolute atomic E-state index is 10.2. The largest absolute Gasteiger partial charge is 0.378 e. The van der Waals surface area contributed by atoms with Crippen molar-refractivity contribution >= 4 is 22.9 Å². The first kappa shape index (κ1) is 38.1. The van der Waals surface area contributed by atoms with E-state index in [0.717, 1.165) is 42.7 Å². The first-order valence-corrected chi connectivity index (χ1v) is 13.7. The van der Waals surface area contributed by atoms with Crippen LogP contribution in [-0.2, 0) is 4.79 Å². The summed E-state index contributed by atoms with van der Waals surface area (Å²) in [5, 5.41) is 0. The number of carbonyl (C=O) groups is 1. The predicted octanol–water partition coefficient (Wildman–Crippen LogP) is 9.16. The zero-order valence-electron chi connectivity index (χ0n) is 25.7. The number of anilines is 1. The van der Waals surface area contributed by atoms with Crippen LogP contribution in [-0.4, -0.2) is 32.6 Å². The fourth-order valence-corrected chi connectivity index (χ4v) is 3.14. The molecule has 1 aromatic carbocycles. The Balaban J connectivity index is -0.000000707. The molecule has 2 N–H and O–H groups in total. The molecule has 0 atom stereocenters. The average Bonchev–Trinajstić information content (AvgIpc) is 2.88. The molecule has 0 saturated heterocycles. The minimum Gasteiger partial charge on any atom is -0.378 e. The maximum atomic E-state index is 10.2. The number of benzene rings is 1. The first-order chi connectivity index (χ1) is 17.2. The van der Waals surface area contributed by atoms with Gasteiger partial charge < -0.3 is 15.4 Å². The van der Waals surface area contributed by atoms with Crippen LogP contribution in [0.1, 0.15) is 99.5 Å². The number of aliphatic imine (C=N–C) groups is 1. The number of rotatable bonds is 8. The second kappa shape index (κ2) is 24.2. The van der Waals surface area contributed by atoms with Crippen LogP contribution in [0.2, 0.25) is 0 Å². The fourth-order valence-electron chi connectivity index (χ4n) is 3.14. The molecule has 4 heteroatoms. The summed E-state index contributed by atoms with van der Waals surface area (Å²) in [6.07, 6.45) is 10.9. The Morgan fingerprint density at radius 3 is 1.94 bits per heavy atom. The lowest BCUT2D eigenvalue weighted by atomic mass is 9.91. The predicted molar refractivity (Wildman–Crippen MR) is 166 cm³/mol. The molecule has 0 aliphatic heterocycles. The molecule has 0 spiro atoms. The number of hydrogen-bond acceptors (Lipinski definition) is 4. The van der Waals surface area contributed by atoms with E-state index in [-0.39, 0.29) is 0 Å². The monoisotopic (exact) mass is 499 g/mol. The molecular weight excluding hydrogens is 442 g/mol. The van der Waals surface area contributed by atoms with Gasteiger partial charge in [-0.15, -0.1) is 0 Å². The maximum Gasteiger partial charge on any atom is 0.129 e. The highest BCUT2D eigenvalue weighted by molar-refractivity contribution is 6.13. The number of carbonyl (C=O) groups excluding carboxylic acids is 1. The SMILES string of the molecule is C=C1C=C(C)C(CCCC)=CC1=Nc1ccc(N(C)C)cc1C.CC.CC.CCCCC(C)=O.CN. The molecule has 206 valence electrons. The number of ketones is 1. The molecular formula is C32H57N3O. The first-order valence-electron chi connectivity index (χ1n) is 13.7. The van der Waals surface area contributed by atoms with Crippen LogP contribution in [0, 0.1) is 6.92 Å². The van der Waals surface area contributed by atoms with E-state index >= 15 is 0 Å². The van der Waals surface area contributed by atoms with Crippen LogP contribution in [0.4, 0.5) is 11.4 Å². The van der Waals surface area contributed by atoms with Gasteiger partial charge in [0.25, 0.3) is 0 Å². The highest BCUT2D eigenvalue weighted by Crippen LogP contribution is 2.28. The topological polar surface area (TPSA) is 58.7 Å². The van der Waals surface area contributed by atoms with Gasteiger partial charge in [-0.1, -0.05) is 67.0 Å². The van der Waals surface area contributed by atoms with Gasteiger partial charge in [0.15, 0.2) is 0 Å². The molecule has 0 radical (unpaired) electrons. The number of Topliss-reactive ketones (excluding diaryl/α,β-unsaturated/α-hetero) is 1. The Labute approximate surface area is 224 Å². The van der Waals surface area contributed by atoms with Gasteiger partial charge >= 0.3 is 0 Å². The van der Waals surface area contributed by atoms with Gasteiger partial charge in [-0.25, -0.2) is 4.99 Å². The molecule has 0 heterocycles. The van der Waals surface area contributed by atoms with Gasteiger partial charge in [0.05, 0.1) is 11.4 Å². The Bertz CT molecular complexity index is 830. The summed E-state index contributed by atoms with van der Waals surface area (Å²) < 4.78 is 0. The van der Waals surface area contributed by atoms with Crippen molar-refractivity contribution < 1.29 is 4.79 Å². The van der Waals surface area contributed by atoms with Crippen molar-refractivity contribution in [2.75, 3.05) is 26.0 Å². The summed E-state index contributed by atoms with van der Waals surface area (Å²) in [7, 11) is 5.61. The molecule has 4 nitrogen and oxygen atoms in total. The number of hydrogen-bond donors (Lipinski definition) is 1. The minimum atomic E-state index is 0.307. The number of aryl methyl sites for hydroxylation is 1. The number of unbranched alkanes of at least 4 members (excludes halogenated alkanes) is 2. The van der Waals surface area contributed by atoms with Crippen molar-refractivity contribution in [3.8, 4) is 0 Å². The summed E-state index contributed by atoms with van der Waals surface area (Å²) in [5.74, 6) is 0.307. The Morgan fingerprint density at radius 1 is 0.972 bits per heavy atom. The number of nitrogens with zero attached hydrogens (tertiary/aromatic N) is 2. The molecule has 0 amide bonds. The van der Waals surface area contributed by atoms with Crippen LogP contribution in [0.25, 0.3) is 0 Å². The summed E-state index contributed by atoms with van der Waals surface area (Å²) >= 11 is 0. The van der Waals surface area contributed by atoms with Crippen LogP contribution in [0.15, 0.2) is 58.6 Å². The summed E-state index contributed by atoms with van der Waals surface area (Å²) in [5.41, 5.74) is 12.6. The molecule has 0 bridgehead atoms. The molecule has 0 unspecified atom stereocenters.